The van der Waals surface area contributed by atoms with Crippen LogP contribution in [-0.4, -0.2) is 18.7 Å². The van der Waals surface area contributed by atoms with Gasteiger partial charge in [-0.05, 0) is 46.8 Å². The van der Waals surface area contributed by atoms with Crippen LogP contribution in [0.25, 0.3) is 0 Å². The van der Waals surface area contributed by atoms with E-state index in [1.54, 1.807) is 0 Å². The Labute approximate surface area is 135 Å². The molecule has 1 aliphatic rings. The summed E-state index contributed by atoms with van der Waals surface area (Å²) < 4.78 is 6.44. The van der Waals surface area contributed by atoms with Gasteiger partial charge in [-0.1, -0.05) is 45.2 Å². The van der Waals surface area contributed by atoms with Gasteiger partial charge in [-0.15, -0.1) is 0 Å². The van der Waals surface area contributed by atoms with Gasteiger partial charge in [-0.3, -0.25) is 4.90 Å². The fourth-order valence-corrected chi connectivity index (χ4v) is 3.21. The number of para-hydroxylation sites is 1. The molecular weight excluding hydrogens is 330 g/mol. The number of hydrogen-bond acceptors (Lipinski definition) is 2. The van der Waals surface area contributed by atoms with Crippen molar-refractivity contribution in [2.24, 2.45) is 5.92 Å². The second-order valence-electron chi connectivity index (χ2n) is 6.08. The average Bonchev–Trinajstić information content (AvgIpc) is 2.48. The summed E-state index contributed by atoms with van der Waals surface area (Å²) in [6.45, 7) is 4.57. The Hall–Kier alpha value is -1.03. The topological polar surface area (TPSA) is 29.5 Å². The molecule has 0 aromatic heterocycles. The van der Waals surface area contributed by atoms with Crippen LogP contribution in [0.4, 0.5) is 10.5 Å². The first-order valence-electron chi connectivity index (χ1n) is 7.80. The zero-order chi connectivity index (χ0) is 15.2. The molecule has 4 heteroatoms. The number of amides is 1. The molecule has 1 aromatic rings. The number of nitrogens with zero attached hydrogens (tertiary/aromatic N) is 1. The number of carbonyl (C=O) groups excluding carboxylic acids is 1. The molecule has 2 rings (SSSR count). The lowest BCUT2D eigenvalue weighted by molar-refractivity contribution is 0.136. The smallest absolute Gasteiger partial charge is 0.414 e. The molecule has 116 valence electrons. The average molecular weight is 354 g/mol. The molecule has 1 saturated carbocycles. The van der Waals surface area contributed by atoms with Crippen molar-refractivity contribution >= 4 is 27.7 Å². The highest BCUT2D eigenvalue weighted by Gasteiger charge is 2.29. The summed E-state index contributed by atoms with van der Waals surface area (Å²) >= 11 is 3.56. The van der Waals surface area contributed by atoms with Crippen molar-refractivity contribution in [3.05, 3.63) is 28.7 Å². The fourth-order valence-electron chi connectivity index (χ4n) is 2.74. The molecule has 0 saturated heterocycles. The summed E-state index contributed by atoms with van der Waals surface area (Å²) in [6, 6.07) is 8.13. The minimum Gasteiger partial charge on any atom is -0.449 e. The minimum absolute atomic E-state index is 0.220. The van der Waals surface area contributed by atoms with E-state index < -0.39 is 0 Å². The summed E-state index contributed by atoms with van der Waals surface area (Å²) in [5, 5.41) is 0. The second-order valence-corrected chi connectivity index (χ2v) is 6.94. The van der Waals surface area contributed by atoms with Gasteiger partial charge in [0.05, 0.1) is 12.3 Å². The van der Waals surface area contributed by atoms with E-state index in [0.29, 0.717) is 12.5 Å². The van der Waals surface area contributed by atoms with Crippen molar-refractivity contribution in [3.63, 3.8) is 0 Å². The summed E-state index contributed by atoms with van der Waals surface area (Å²) in [5.74, 6) is 0.348. The predicted octanol–water partition coefficient (Wildman–Crippen LogP) is 5.38. The van der Waals surface area contributed by atoms with Crippen LogP contribution in [0.1, 0.15) is 46.0 Å². The third kappa shape index (κ3) is 4.47. The Morgan fingerprint density at radius 3 is 2.57 bits per heavy atom. The Balaban J connectivity index is 2.21. The van der Waals surface area contributed by atoms with Gasteiger partial charge in [0.15, 0.2) is 0 Å². The van der Waals surface area contributed by atoms with Crippen molar-refractivity contribution in [1.29, 1.82) is 0 Å². The van der Waals surface area contributed by atoms with Crippen molar-refractivity contribution in [3.8, 4) is 0 Å². The van der Waals surface area contributed by atoms with E-state index in [-0.39, 0.29) is 12.1 Å². The predicted molar refractivity (Wildman–Crippen MR) is 89.7 cm³/mol. The normalized spacial score (nSPS) is 16.0. The Kier molecular flexibility index (Phi) is 6.09. The molecule has 1 fully saturated rings. The van der Waals surface area contributed by atoms with Crippen LogP contribution < -0.4 is 4.90 Å². The monoisotopic (exact) mass is 353 g/mol. The van der Waals surface area contributed by atoms with Crippen molar-refractivity contribution in [2.45, 2.75) is 52.0 Å². The van der Waals surface area contributed by atoms with Crippen LogP contribution >= 0.6 is 15.9 Å². The minimum atomic E-state index is -0.220. The van der Waals surface area contributed by atoms with E-state index in [0.717, 1.165) is 23.0 Å². The lowest BCUT2D eigenvalue weighted by atomic mass is 9.94. The number of rotatable bonds is 4. The third-order valence-electron chi connectivity index (χ3n) is 3.79. The maximum absolute atomic E-state index is 12.6. The van der Waals surface area contributed by atoms with Gasteiger partial charge in [-0.25, -0.2) is 4.79 Å². The van der Waals surface area contributed by atoms with Crippen LogP contribution in [0.3, 0.4) is 0 Å². The maximum atomic E-state index is 12.6. The summed E-state index contributed by atoms with van der Waals surface area (Å²) in [5.41, 5.74) is 0.915. The van der Waals surface area contributed by atoms with E-state index >= 15 is 0 Å². The molecule has 0 spiro atoms. The molecule has 21 heavy (non-hydrogen) atoms. The first-order chi connectivity index (χ1) is 10.1. The quantitative estimate of drug-likeness (QED) is 0.726. The molecule has 1 aromatic carbocycles. The SMILES string of the molecule is CC(C)COC(=O)N(c1ccccc1Br)C1CCCCC1. The maximum Gasteiger partial charge on any atom is 0.414 e. The Morgan fingerprint density at radius 2 is 1.95 bits per heavy atom. The standard InChI is InChI=1S/C17H24BrNO2/c1-13(2)12-21-17(20)19(14-8-4-3-5-9-14)16-11-7-6-10-15(16)18/h6-7,10-11,13-14H,3-5,8-9,12H2,1-2H3. The number of carbonyl (C=O) groups is 1. The van der Waals surface area contributed by atoms with E-state index in [1.165, 1.54) is 19.3 Å². The lowest BCUT2D eigenvalue weighted by Crippen LogP contribution is -2.42. The van der Waals surface area contributed by atoms with E-state index in [1.807, 2.05) is 29.2 Å². The van der Waals surface area contributed by atoms with Gasteiger partial charge in [0.2, 0.25) is 0 Å². The number of hydrogen-bond donors (Lipinski definition) is 0. The molecule has 0 N–H and O–H groups in total. The molecule has 0 unspecified atom stereocenters. The van der Waals surface area contributed by atoms with Gasteiger partial charge in [-0.2, -0.15) is 0 Å². The van der Waals surface area contributed by atoms with Gasteiger partial charge >= 0.3 is 6.09 Å². The molecule has 0 aliphatic heterocycles. The molecule has 0 radical (unpaired) electrons. The highest BCUT2D eigenvalue weighted by Crippen LogP contribution is 2.33. The van der Waals surface area contributed by atoms with Crippen molar-refractivity contribution < 1.29 is 9.53 Å². The van der Waals surface area contributed by atoms with Crippen LogP contribution in [0.5, 0.6) is 0 Å². The Bertz CT molecular complexity index is 470. The van der Waals surface area contributed by atoms with Crippen LogP contribution in [0.2, 0.25) is 0 Å². The molecule has 0 heterocycles. The highest BCUT2D eigenvalue weighted by atomic mass is 79.9. The van der Waals surface area contributed by atoms with Crippen LogP contribution in [0, 0.1) is 5.92 Å². The van der Waals surface area contributed by atoms with Crippen LogP contribution in [0.15, 0.2) is 28.7 Å². The van der Waals surface area contributed by atoms with Crippen LogP contribution in [-0.2, 0) is 4.74 Å². The molecule has 0 atom stereocenters. The zero-order valence-corrected chi connectivity index (χ0v) is 14.4. The van der Waals surface area contributed by atoms with E-state index in [2.05, 4.69) is 29.8 Å². The van der Waals surface area contributed by atoms with E-state index in [4.69, 9.17) is 4.74 Å². The third-order valence-corrected chi connectivity index (χ3v) is 4.46. The van der Waals surface area contributed by atoms with Crippen molar-refractivity contribution in [2.75, 3.05) is 11.5 Å². The van der Waals surface area contributed by atoms with Gasteiger partial charge in [0, 0.05) is 10.5 Å². The fraction of sp³-hybridized carbons (Fsp3) is 0.588. The Morgan fingerprint density at radius 1 is 1.29 bits per heavy atom. The lowest BCUT2D eigenvalue weighted by Gasteiger charge is -2.34. The molecule has 3 nitrogen and oxygen atoms in total. The summed E-state index contributed by atoms with van der Waals surface area (Å²) in [4.78, 5) is 14.4. The first-order valence-corrected chi connectivity index (χ1v) is 8.59. The van der Waals surface area contributed by atoms with Crippen molar-refractivity contribution in [1.82, 2.24) is 0 Å². The second kappa shape index (κ2) is 7.83. The molecule has 1 amide bonds. The molecule has 1 aliphatic carbocycles. The molecular formula is C17H24BrNO2. The van der Waals surface area contributed by atoms with Gasteiger partial charge in [0.25, 0.3) is 0 Å². The number of benzene rings is 1. The van der Waals surface area contributed by atoms with E-state index in [9.17, 15) is 4.79 Å². The largest absolute Gasteiger partial charge is 0.449 e. The summed E-state index contributed by atoms with van der Waals surface area (Å²) in [6.07, 6.45) is 5.52. The van der Waals surface area contributed by atoms with Gasteiger partial charge in [0.1, 0.15) is 0 Å². The highest BCUT2D eigenvalue weighted by molar-refractivity contribution is 9.10. The molecule has 0 bridgehead atoms. The first kappa shape index (κ1) is 16.3. The van der Waals surface area contributed by atoms with Gasteiger partial charge < -0.3 is 4.74 Å². The number of anilines is 1. The number of ether oxygens (including phenoxy) is 1. The zero-order valence-electron chi connectivity index (χ0n) is 12.8. The summed E-state index contributed by atoms with van der Waals surface area (Å²) in [7, 11) is 0. The number of halogens is 1.